The van der Waals surface area contributed by atoms with E-state index in [1.54, 1.807) is 0 Å². The van der Waals surface area contributed by atoms with E-state index in [1.165, 1.54) is 12.8 Å². The largest absolute Gasteiger partial charge is 0.491 e. The topological polar surface area (TPSA) is 65.5 Å². The third-order valence-corrected chi connectivity index (χ3v) is 6.04. The molecule has 2 fully saturated rings. The zero-order valence-corrected chi connectivity index (χ0v) is 19.0. The van der Waals surface area contributed by atoms with Crippen LogP contribution in [-0.4, -0.2) is 41.4 Å². The lowest BCUT2D eigenvalue weighted by molar-refractivity contribution is 0.00578. The molecule has 4 rings (SSSR count). The highest BCUT2D eigenvalue weighted by Crippen LogP contribution is 2.32. The predicted octanol–water partition coefficient (Wildman–Crippen LogP) is 5.48. The summed E-state index contributed by atoms with van der Waals surface area (Å²) in [6, 6.07) is 8.48. The molecule has 2 aromatic rings. The van der Waals surface area contributed by atoms with Gasteiger partial charge in [0.2, 0.25) is 11.8 Å². The maximum Gasteiger partial charge on any atom is 0.226 e. The first kappa shape index (κ1) is 21.9. The molecule has 1 aliphatic heterocycles. The van der Waals surface area contributed by atoms with Gasteiger partial charge in [0.05, 0.1) is 18.3 Å². The molecule has 1 aliphatic carbocycles. The van der Waals surface area contributed by atoms with Gasteiger partial charge in [0.1, 0.15) is 11.9 Å². The maximum atomic E-state index is 6.34. The SMILES string of the molecule is CC(C)Oc1ccc(-c2cnc(N[C@H]3CC[C@H](C)CC3)nc2OC2CCCOC2)cc1. The molecule has 2 aliphatic rings. The average Bonchev–Trinajstić information content (AvgIpc) is 2.77. The molecule has 1 aromatic carbocycles. The molecular weight excluding hydrogens is 390 g/mol. The van der Waals surface area contributed by atoms with Crippen molar-refractivity contribution in [3.8, 4) is 22.8 Å². The van der Waals surface area contributed by atoms with Gasteiger partial charge in [-0.05, 0) is 76.0 Å². The van der Waals surface area contributed by atoms with Gasteiger partial charge >= 0.3 is 0 Å². The molecule has 6 heteroatoms. The predicted molar refractivity (Wildman–Crippen MR) is 123 cm³/mol. The summed E-state index contributed by atoms with van der Waals surface area (Å²) in [5, 5.41) is 3.53. The highest BCUT2D eigenvalue weighted by atomic mass is 16.5. The highest BCUT2D eigenvalue weighted by molar-refractivity contribution is 5.69. The zero-order chi connectivity index (χ0) is 21.6. The summed E-state index contributed by atoms with van der Waals surface area (Å²) in [6.07, 6.45) is 8.87. The molecule has 2 heterocycles. The van der Waals surface area contributed by atoms with Crippen molar-refractivity contribution in [2.45, 2.75) is 77.5 Å². The third kappa shape index (κ3) is 6.10. The number of rotatable bonds is 7. The monoisotopic (exact) mass is 425 g/mol. The molecule has 1 saturated carbocycles. The Morgan fingerprint density at radius 1 is 1.06 bits per heavy atom. The van der Waals surface area contributed by atoms with Crippen molar-refractivity contribution in [3.05, 3.63) is 30.5 Å². The van der Waals surface area contributed by atoms with E-state index in [0.29, 0.717) is 24.5 Å². The number of ether oxygens (including phenoxy) is 3. The molecule has 6 nitrogen and oxygen atoms in total. The zero-order valence-electron chi connectivity index (χ0n) is 19.0. The van der Waals surface area contributed by atoms with Crippen LogP contribution in [0.5, 0.6) is 11.6 Å². The van der Waals surface area contributed by atoms with E-state index in [2.05, 4.69) is 17.2 Å². The van der Waals surface area contributed by atoms with E-state index >= 15 is 0 Å². The molecule has 31 heavy (non-hydrogen) atoms. The summed E-state index contributed by atoms with van der Waals surface area (Å²) >= 11 is 0. The van der Waals surface area contributed by atoms with Crippen molar-refractivity contribution in [1.29, 1.82) is 0 Å². The standard InChI is InChI=1S/C25H35N3O3/c1-17(2)30-21-12-8-19(9-13-21)23-15-26-25(27-20-10-6-18(3)7-11-20)28-24(23)31-22-5-4-14-29-16-22/h8-9,12-13,15,17-18,20,22H,4-7,10-11,14,16H2,1-3H3,(H,26,27,28)/t18-,20-,22?. The Morgan fingerprint density at radius 3 is 2.52 bits per heavy atom. The summed E-state index contributed by atoms with van der Waals surface area (Å²) in [7, 11) is 0. The first-order valence-corrected chi connectivity index (χ1v) is 11.7. The molecule has 0 spiro atoms. The number of nitrogens with one attached hydrogen (secondary N) is 1. The summed E-state index contributed by atoms with van der Waals surface area (Å²) in [5.74, 6) is 2.94. The van der Waals surface area contributed by atoms with Crippen molar-refractivity contribution in [3.63, 3.8) is 0 Å². The van der Waals surface area contributed by atoms with Crippen LogP contribution in [0.25, 0.3) is 11.1 Å². The normalized spacial score (nSPS) is 24.1. The van der Waals surface area contributed by atoms with E-state index in [-0.39, 0.29) is 12.2 Å². The van der Waals surface area contributed by atoms with Gasteiger partial charge in [-0.3, -0.25) is 0 Å². The van der Waals surface area contributed by atoms with Crippen molar-refractivity contribution in [2.24, 2.45) is 5.92 Å². The molecule has 168 valence electrons. The van der Waals surface area contributed by atoms with Crippen LogP contribution in [0.3, 0.4) is 0 Å². The maximum absolute atomic E-state index is 6.34. The van der Waals surface area contributed by atoms with Gasteiger partial charge in [0.25, 0.3) is 0 Å². The number of hydrogen-bond acceptors (Lipinski definition) is 6. The van der Waals surface area contributed by atoms with Gasteiger partial charge in [-0.1, -0.05) is 19.1 Å². The van der Waals surface area contributed by atoms with E-state index in [4.69, 9.17) is 19.2 Å². The fourth-order valence-corrected chi connectivity index (χ4v) is 4.26. The van der Waals surface area contributed by atoms with Crippen molar-refractivity contribution in [1.82, 2.24) is 9.97 Å². The van der Waals surface area contributed by atoms with E-state index in [1.807, 2.05) is 44.3 Å². The van der Waals surface area contributed by atoms with E-state index in [0.717, 1.165) is 55.1 Å². The van der Waals surface area contributed by atoms with Gasteiger partial charge < -0.3 is 19.5 Å². The molecule has 1 atom stereocenters. The Bertz CT molecular complexity index is 826. The molecule has 0 bridgehead atoms. The fourth-order valence-electron chi connectivity index (χ4n) is 4.26. The quantitative estimate of drug-likeness (QED) is 0.634. The number of hydrogen-bond donors (Lipinski definition) is 1. The summed E-state index contributed by atoms with van der Waals surface area (Å²) < 4.78 is 17.7. The van der Waals surface area contributed by atoms with Gasteiger partial charge in [0, 0.05) is 18.8 Å². The Morgan fingerprint density at radius 2 is 1.84 bits per heavy atom. The van der Waals surface area contributed by atoms with Crippen LogP contribution in [-0.2, 0) is 4.74 Å². The molecular formula is C25H35N3O3. The summed E-state index contributed by atoms with van der Waals surface area (Å²) in [4.78, 5) is 9.42. The number of nitrogens with zero attached hydrogens (tertiary/aromatic N) is 2. The van der Waals surface area contributed by atoms with Crippen LogP contribution in [0.2, 0.25) is 0 Å². The smallest absolute Gasteiger partial charge is 0.226 e. The van der Waals surface area contributed by atoms with Crippen LogP contribution in [0, 0.1) is 5.92 Å². The Kier molecular flexibility index (Phi) is 7.28. The number of aromatic nitrogens is 2. The lowest BCUT2D eigenvalue weighted by Crippen LogP contribution is -2.29. The van der Waals surface area contributed by atoms with Crippen LogP contribution in [0.15, 0.2) is 30.5 Å². The average molecular weight is 426 g/mol. The first-order valence-electron chi connectivity index (χ1n) is 11.7. The lowest BCUT2D eigenvalue weighted by Gasteiger charge is -2.27. The van der Waals surface area contributed by atoms with E-state index < -0.39 is 0 Å². The Hall–Kier alpha value is -2.34. The second kappa shape index (κ2) is 10.3. The Balaban J connectivity index is 1.55. The lowest BCUT2D eigenvalue weighted by atomic mass is 9.87. The number of anilines is 1. The molecule has 0 amide bonds. The minimum absolute atomic E-state index is 0.0225. The molecule has 0 radical (unpaired) electrons. The third-order valence-electron chi connectivity index (χ3n) is 6.04. The van der Waals surface area contributed by atoms with Gasteiger partial charge in [-0.2, -0.15) is 4.98 Å². The Labute approximate surface area is 185 Å². The van der Waals surface area contributed by atoms with Crippen LogP contribution < -0.4 is 14.8 Å². The molecule has 1 unspecified atom stereocenters. The van der Waals surface area contributed by atoms with E-state index in [9.17, 15) is 0 Å². The second-order valence-electron chi connectivity index (χ2n) is 9.16. The fraction of sp³-hybridized carbons (Fsp3) is 0.600. The van der Waals surface area contributed by atoms with Crippen molar-refractivity contribution in [2.75, 3.05) is 18.5 Å². The van der Waals surface area contributed by atoms with Gasteiger partial charge in [-0.25, -0.2) is 4.98 Å². The second-order valence-corrected chi connectivity index (χ2v) is 9.16. The highest BCUT2D eigenvalue weighted by Gasteiger charge is 2.22. The van der Waals surface area contributed by atoms with Crippen LogP contribution in [0.1, 0.15) is 59.3 Å². The molecule has 1 saturated heterocycles. The van der Waals surface area contributed by atoms with Gasteiger partial charge in [0.15, 0.2) is 0 Å². The minimum Gasteiger partial charge on any atom is -0.491 e. The van der Waals surface area contributed by atoms with Crippen molar-refractivity contribution < 1.29 is 14.2 Å². The molecule has 1 aromatic heterocycles. The number of benzene rings is 1. The van der Waals surface area contributed by atoms with Crippen molar-refractivity contribution >= 4 is 5.95 Å². The van der Waals surface area contributed by atoms with Crippen LogP contribution >= 0.6 is 0 Å². The minimum atomic E-state index is 0.0225. The first-order chi connectivity index (χ1) is 15.1. The molecule has 1 N–H and O–H groups in total. The van der Waals surface area contributed by atoms with Crippen LogP contribution in [0.4, 0.5) is 5.95 Å². The van der Waals surface area contributed by atoms with Gasteiger partial charge in [-0.15, -0.1) is 0 Å². The summed E-state index contributed by atoms with van der Waals surface area (Å²) in [5.41, 5.74) is 1.91. The summed E-state index contributed by atoms with van der Waals surface area (Å²) in [6.45, 7) is 7.79.